The second-order valence-electron chi connectivity index (χ2n) is 6.38. The zero-order valence-corrected chi connectivity index (χ0v) is 16.4. The minimum Gasteiger partial charge on any atom is -0.497 e. The summed E-state index contributed by atoms with van der Waals surface area (Å²) in [5, 5.41) is 6.12. The summed E-state index contributed by atoms with van der Waals surface area (Å²) in [5.41, 5.74) is 1.17. The summed E-state index contributed by atoms with van der Waals surface area (Å²) in [6, 6.07) is 11.5. The van der Waals surface area contributed by atoms with Crippen molar-refractivity contribution in [3.05, 3.63) is 48.4 Å². The Kier molecular flexibility index (Phi) is 6.78. The second-order valence-corrected chi connectivity index (χ2v) is 6.38. The van der Waals surface area contributed by atoms with E-state index in [1.807, 2.05) is 12.1 Å². The molecule has 0 saturated carbocycles. The lowest BCUT2D eigenvalue weighted by Gasteiger charge is -2.37. The summed E-state index contributed by atoms with van der Waals surface area (Å²) in [6.45, 7) is 4.63. The molecule has 2 aromatic rings. The molecular formula is C20H27N5O3. The smallest absolute Gasteiger partial charge is 0.287 e. The third-order valence-corrected chi connectivity index (χ3v) is 4.65. The highest BCUT2D eigenvalue weighted by Gasteiger charge is 2.20. The van der Waals surface area contributed by atoms with Gasteiger partial charge in [0.15, 0.2) is 11.7 Å². The molecule has 150 valence electrons. The van der Waals surface area contributed by atoms with E-state index < -0.39 is 0 Å². The average Bonchev–Trinajstić information content (AvgIpc) is 3.29. The van der Waals surface area contributed by atoms with Crippen LogP contribution in [0.1, 0.15) is 10.6 Å². The largest absolute Gasteiger partial charge is 0.497 e. The quantitative estimate of drug-likeness (QED) is 0.445. The average molecular weight is 385 g/mol. The number of carbonyl (C=O) groups excluding carboxylic acids is 1. The molecule has 0 radical (unpaired) electrons. The van der Waals surface area contributed by atoms with Crippen LogP contribution in [0.3, 0.4) is 0 Å². The van der Waals surface area contributed by atoms with E-state index in [1.54, 1.807) is 26.3 Å². The second kappa shape index (κ2) is 9.68. The highest BCUT2D eigenvalue weighted by molar-refractivity contribution is 5.91. The van der Waals surface area contributed by atoms with Crippen molar-refractivity contribution >= 4 is 17.6 Å². The summed E-state index contributed by atoms with van der Waals surface area (Å²) in [7, 11) is 3.46. The summed E-state index contributed by atoms with van der Waals surface area (Å²) in [5.74, 6) is 1.82. The molecule has 0 aliphatic carbocycles. The van der Waals surface area contributed by atoms with E-state index in [0.29, 0.717) is 18.8 Å². The Labute approximate surface area is 165 Å². The van der Waals surface area contributed by atoms with Crippen LogP contribution in [0.2, 0.25) is 0 Å². The number of piperazine rings is 1. The van der Waals surface area contributed by atoms with E-state index in [0.717, 1.165) is 37.9 Å². The first-order valence-corrected chi connectivity index (χ1v) is 9.37. The molecule has 0 atom stereocenters. The summed E-state index contributed by atoms with van der Waals surface area (Å²) >= 11 is 0. The monoisotopic (exact) mass is 385 g/mol. The Morgan fingerprint density at radius 3 is 2.61 bits per heavy atom. The number of anilines is 1. The number of hydrogen-bond acceptors (Lipinski definition) is 5. The van der Waals surface area contributed by atoms with E-state index in [9.17, 15) is 4.79 Å². The molecule has 1 aromatic heterocycles. The van der Waals surface area contributed by atoms with Gasteiger partial charge in [-0.3, -0.25) is 9.79 Å². The van der Waals surface area contributed by atoms with Gasteiger partial charge in [0.1, 0.15) is 5.75 Å². The van der Waals surface area contributed by atoms with Gasteiger partial charge < -0.3 is 29.6 Å². The molecule has 8 heteroatoms. The molecule has 1 aliphatic rings. The third-order valence-electron chi connectivity index (χ3n) is 4.65. The number of benzene rings is 1. The molecule has 0 spiro atoms. The summed E-state index contributed by atoms with van der Waals surface area (Å²) < 4.78 is 10.4. The van der Waals surface area contributed by atoms with Gasteiger partial charge in [-0.15, -0.1) is 0 Å². The minimum atomic E-state index is -0.214. The van der Waals surface area contributed by atoms with Gasteiger partial charge in [-0.25, -0.2) is 0 Å². The van der Waals surface area contributed by atoms with Crippen LogP contribution in [0.25, 0.3) is 0 Å². The van der Waals surface area contributed by atoms with Gasteiger partial charge in [-0.2, -0.15) is 0 Å². The molecule has 3 rings (SSSR count). The predicted octanol–water partition coefficient (Wildman–Crippen LogP) is 1.42. The van der Waals surface area contributed by atoms with Crippen LogP contribution in [-0.4, -0.2) is 70.2 Å². The molecule has 1 saturated heterocycles. The van der Waals surface area contributed by atoms with Crippen LogP contribution in [0, 0.1) is 0 Å². The fraction of sp³-hybridized carbons (Fsp3) is 0.400. The lowest BCUT2D eigenvalue weighted by molar-refractivity contribution is 0.0926. The molecule has 28 heavy (non-hydrogen) atoms. The van der Waals surface area contributed by atoms with Gasteiger partial charge in [0.25, 0.3) is 5.91 Å². The van der Waals surface area contributed by atoms with Crippen LogP contribution in [0.4, 0.5) is 5.69 Å². The van der Waals surface area contributed by atoms with Crippen molar-refractivity contribution in [3.63, 3.8) is 0 Å². The van der Waals surface area contributed by atoms with Crippen LogP contribution in [-0.2, 0) is 0 Å². The van der Waals surface area contributed by atoms with Crippen molar-refractivity contribution in [2.45, 2.75) is 0 Å². The first-order valence-electron chi connectivity index (χ1n) is 9.37. The number of hydrogen-bond donors (Lipinski definition) is 2. The first-order chi connectivity index (χ1) is 13.7. The zero-order valence-electron chi connectivity index (χ0n) is 16.4. The Morgan fingerprint density at radius 2 is 1.93 bits per heavy atom. The lowest BCUT2D eigenvalue weighted by atomic mass is 10.2. The van der Waals surface area contributed by atoms with Gasteiger partial charge in [0, 0.05) is 58.1 Å². The maximum absolute atomic E-state index is 11.9. The summed E-state index contributed by atoms with van der Waals surface area (Å²) in [6.07, 6.45) is 1.49. The van der Waals surface area contributed by atoms with Gasteiger partial charge >= 0.3 is 0 Å². The minimum absolute atomic E-state index is 0.214. The SMILES string of the molecule is CN=C(NCCNC(=O)c1ccco1)N1CCN(c2cccc(OC)c2)CC1. The van der Waals surface area contributed by atoms with Crippen molar-refractivity contribution in [3.8, 4) is 5.75 Å². The van der Waals surface area contributed by atoms with Crippen LogP contribution in [0.5, 0.6) is 5.75 Å². The number of aliphatic imine (C=N–C) groups is 1. The number of furan rings is 1. The van der Waals surface area contributed by atoms with E-state index in [-0.39, 0.29) is 5.91 Å². The highest BCUT2D eigenvalue weighted by atomic mass is 16.5. The van der Waals surface area contributed by atoms with Crippen LogP contribution < -0.4 is 20.3 Å². The highest BCUT2D eigenvalue weighted by Crippen LogP contribution is 2.22. The third kappa shape index (κ3) is 4.97. The maximum atomic E-state index is 11.9. The molecular weight excluding hydrogens is 358 g/mol. The van der Waals surface area contributed by atoms with E-state index in [2.05, 4.69) is 37.6 Å². The van der Waals surface area contributed by atoms with E-state index in [1.165, 1.54) is 12.0 Å². The molecule has 2 N–H and O–H groups in total. The first kappa shape index (κ1) is 19.6. The van der Waals surface area contributed by atoms with Crippen molar-refractivity contribution < 1.29 is 13.9 Å². The van der Waals surface area contributed by atoms with Crippen LogP contribution in [0.15, 0.2) is 52.1 Å². The standard InChI is InChI=1S/C20H27N5O3/c1-21-20(23-9-8-22-19(26)18-7-4-14-28-18)25-12-10-24(11-13-25)16-5-3-6-17(15-16)27-2/h3-7,14-15H,8-13H2,1-2H3,(H,21,23)(H,22,26). The van der Waals surface area contributed by atoms with Gasteiger partial charge in [-0.05, 0) is 24.3 Å². The van der Waals surface area contributed by atoms with Gasteiger partial charge in [0.2, 0.25) is 0 Å². The summed E-state index contributed by atoms with van der Waals surface area (Å²) in [4.78, 5) is 20.8. The van der Waals surface area contributed by atoms with Gasteiger partial charge in [0.05, 0.1) is 13.4 Å². The molecule has 1 fully saturated rings. The molecule has 1 aromatic carbocycles. The number of rotatable bonds is 6. The van der Waals surface area contributed by atoms with Crippen molar-refractivity contribution in [2.24, 2.45) is 4.99 Å². The van der Waals surface area contributed by atoms with Crippen molar-refractivity contribution in [2.75, 3.05) is 58.3 Å². The van der Waals surface area contributed by atoms with E-state index >= 15 is 0 Å². The van der Waals surface area contributed by atoms with Gasteiger partial charge in [-0.1, -0.05) is 6.07 Å². The molecule has 1 aliphatic heterocycles. The molecule has 0 unspecified atom stereocenters. The predicted molar refractivity (Wildman–Crippen MR) is 109 cm³/mol. The maximum Gasteiger partial charge on any atom is 0.287 e. The molecule has 2 heterocycles. The number of carbonyl (C=O) groups is 1. The van der Waals surface area contributed by atoms with Crippen LogP contribution >= 0.6 is 0 Å². The number of amides is 1. The number of nitrogens with zero attached hydrogens (tertiary/aromatic N) is 3. The normalized spacial score (nSPS) is 14.7. The zero-order chi connectivity index (χ0) is 19.8. The molecule has 0 bridgehead atoms. The Bertz CT molecular complexity index is 783. The molecule has 1 amide bonds. The fourth-order valence-electron chi connectivity index (χ4n) is 3.16. The fourth-order valence-corrected chi connectivity index (χ4v) is 3.16. The van der Waals surface area contributed by atoms with E-state index in [4.69, 9.17) is 9.15 Å². The molecule has 8 nitrogen and oxygen atoms in total. The number of ether oxygens (including phenoxy) is 1. The van der Waals surface area contributed by atoms with Crippen molar-refractivity contribution in [1.82, 2.24) is 15.5 Å². The Balaban J connectivity index is 1.42. The van der Waals surface area contributed by atoms with Crippen molar-refractivity contribution in [1.29, 1.82) is 0 Å². The number of nitrogens with one attached hydrogen (secondary N) is 2. The number of methoxy groups -OCH3 is 1. The Morgan fingerprint density at radius 1 is 1.14 bits per heavy atom. The lowest BCUT2D eigenvalue weighted by Crippen LogP contribution is -2.53. The Hall–Kier alpha value is -3.16. The number of guanidine groups is 1. The topological polar surface area (TPSA) is 82.3 Å².